The van der Waals surface area contributed by atoms with Crippen molar-refractivity contribution >= 4 is 55.1 Å². The summed E-state index contributed by atoms with van der Waals surface area (Å²) in [4.78, 5) is 24.9. The van der Waals surface area contributed by atoms with Gasteiger partial charge in [-0.1, -0.05) is 17.4 Å². The van der Waals surface area contributed by atoms with Crippen LogP contribution in [0.3, 0.4) is 0 Å². The number of carbonyl (C=O) groups is 1. The Hall–Kier alpha value is -4.22. The third-order valence-corrected chi connectivity index (χ3v) is 9.95. The molecule has 2 aliphatic rings. The van der Waals surface area contributed by atoms with E-state index in [4.69, 9.17) is 0 Å². The maximum Gasteiger partial charge on any atom is 0.406 e. The first kappa shape index (κ1) is 30.8. The largest absolute Gasteiger partial charge is 0.406 e. The van der Waals surface area contributed by atoms with Gasteiger partial charge >= 0.3 is 12.2 Å². The van der Waals surface area contributed by atoms with E-state index in [1.165, 1.54) is 34.0 Å². The van der Waals surface area contributed by atoms with E-state index in [9.17, 15) is 40.4 Å². The predicted molar refractivity (Wildman–Crippen MR) is 151 cm³/mol. The Kier molecular flexibility index (Phi) is 7.52. The van der Waals surface area contributed by atoms with Crippen LogP contribution in [0.4, 0.5) is 32.6 Å². The van der Waals surface area contributed by atoms with Crippen molar-refractivity contribution in [2.45, 2.75) is 35.9 Å². The van der Waals surface area contributed by atoms with Crippen LogP contribution in [0, 0.1) is 11.3 Å². The van der Waals surface area contributed by atoms with E-state index >= 15 is 0 Å². The standard InChI is InChI=1S/C25H23F5N10O3S2/c1-37(12-25(28,29)30)23(41)39-8-6-38(7-9-39)19-17-15-3-2-14(45(42,43)36-24(11-31)4-5-24)10-16(15)40(20(17)33-13-32-19)22-35-34-21(44-22)18(26)27/h2-3,10,13,18,36H,4-9,12H2,1H3. The molecule has 2 fully saturated rings. The van der Waals surface area contributed by atoms with Crippen molar-refractivity contribution in [3.05, 3.63) is 29.5 Å². The number of piperazine rings is 1. The fourth-order valence-electron chi connectivity index (χ4n) is 5.17. The van der Waals surface area contributed by atoms with Crippen LogP contribution in [-0.2, 0) is 10.0 Å². The van der Waals surface area contributed by atoms with Gasteiger partial charge in [-0.15, -0.1) is 10.2 Å². The van der Waals surface area contributed by atoms with Crippen LogP contribution in [0.25, 0.3) is 27.1 Å². The number of nitriles is 1. The van der Waals surface area contributed by atoms with Gasteiger partial charge in [0.15, 0.2) is 10.7 Å². The summed E-state index contributed by atoms with van der Waals surface area (Å²) in [6, 6.07) is 5.39. The minimum atomic E-state index is -4.54. The van der Waals surface area contributed by atoms with Gasteiger partial charge in [0.2, 0.25) is 15.2 Å². The van der Waals surface area contributed by atoms with Gasteiger partial charge in [0, 0.05) is 38.6 Å². The Morgan fingerprint density at radius 1 is 1.18 bits per heavy atom. The first-order valence-corrected chi connectivity index (χ1v) is 15.7. The summed E-state index contributed by atoms with van der Waals surface area (Å²) in [5, 5.41) is 17.2. The third kappa shape index (κ3) is 5.82. The zero-order valence-electron chi connectivity index (χ0n) is 23.3. The number of nitrogens with zero attached hydrogens (tertiary/aromatic N) is 9. The minimum Gasteiger partial charge on any atom is -0.352 e. The molecule has 1 aromatic carbocycles. The van der Waals surface area contributed by atoms with Crippen LogP contribution in [0.2, 0.25) is 0 Å². The van der Waals surface area contributed by atoms with Crippen LogP contribution in [0.15, 0.2) is 29.4 Å². The summed E-state index contributed by atoms with van der Waals surface area (Å²) in [7, 11) is -3.09. The maximum absolute atomic E-state index is 13.5. The Labute approximate surface area is 255 Å². The fourth-order valence-corrected chi connectivity index (χ4v) is 7.28. The average molecular weight is 671 g/mol. The van der Waals surface area contributed by atoms with E-state index < -0.39 is 45.7 Å². The van der Waals surface area contributed by atoms with Gasteiger partial charge in [-0.25, -0.2) is 32.0 Å². The van der Waals surface area contributed by atoms with E-state index in [0.29, 0.717) is 45.7 Å². The number of amides is 2. The Morgan fingerprint density at radius 3 is 2.49 bits per heavy atom. The van der Waals surface area contributed by atoms with Crippen molar-refractivity contribution < 1.29 is 35.2 Å². The van der Waals surface area contributed by atoms with Crippen molar-refractivity contribution in [1.29, 1.82) is 5.26 Å². The second kappa shape index (κ2) is 11.0. The quantitative estimate of drug-likeness (QED) is 0.292. The van der Waals surface area contributed by atoms with Gasteiger partial charge in [0.05, 0.1) is 21.9 Å². The number of nitrogens with one attached hydrogen (secondary N) is 1. The van der Waals surface area contributed by atoms with E-state index in [0.717, 1.165) is 7.05 Å². The highest BCUT2D eigenvalue weighted by atomic mass is 32.2. The molecule has 1 aliphatic carbocycles. The van der Waals surface area contributed by atoms with Gasteiger partial charge in [-0.2, -0.15) is 23.2 Å². The van der Waals surface area contributed by atoms with E-state index in [1.807, 2.05) is 11.0 Å². The number of hydrogen-bond donors (Lipinski definition) is 1. The second-order valence-electron chi connectivity index (χ2n) is 10.7. The normalized spacial score (nSPS) is 16.8. The summed E-state index contributed by atoms with van der Waals surface area (Å²) in [6.07, 6.45) is -5.48. The average Bonchev–Trinajstić information content (AvgIpc) is 3.42. The first-order valence-electron chi connectivity index (χ1n) is 13.4. The van der Waals surface area contributed by atoms with Crippen LogP contribution in [0.5, 0.6) is 0 Å². The lowest BCUT2D eigenvalue weighted by molar-refractivity contribution is -0.138. The van der Waals surface area contributed by atoms with Crippen LogP contribution in [-0.4, -0.2) is 100 Å². The molecule has 1 saturated heterocycles. The number of halogens is 5. The first-order chi connectivity index (χ1) is 21.2. The molecule has 0 radical (unpaired) electrons. The van der Waals surface area contributed by atoms with Crippen molar-refractivity contribution in [3.8, 4) is 11.2 Å². The van der Waals surface area contributed by atoms with Crippen molar-refractivity contribution in [2.24, 2.45) is 0 Å². The predicted octanol–water partition coefficient (Wildman–Crippen LogP) is 3.43. The number of fused-ring (bicyclic) bond motifs is 3. The van der Waals surface area contributed by atoms with Crippen LogP contribution >= 0.6 is 11.3 Å². The number of anilines is 1. The van der Waals surface area contributed by atoms with Crippen LogP contribution < -0.4 is 9.62 Å². The Bertz CT molecular complexity index is 1940. The minimum absolute atomic E-state index is 0.00346. The molecule has 1 N–H and O–H groups in total. The summed E-state index contributed by atoms with van der Waals surface area (Å²) in [5.74, 6) is 0.383. The molecule has 1 saturated carbocycles. The van der Waals surface area contributed by atoms with Crippen molar-refractivity contribution in [1.82, 2.24) is 39.3 Å². The Balaban J connectivity index is 1.41. The molecule has 6 rings (SSSR count). The molecule has 0 spiro atoms. The van der Waals surface area contributed by atoms with Gasteiger partial charge in [0.25, 0.3) is 6.43 Å². The van der Waals surface area contributed by atoms with E-state index in [1.54, 1.807) is 0 Å². The number of benzene rings is 1. The monoisotopic (exact) mass is 670 g/mol. The second-order valence-corrected chi connectivity index (χ2v) is 13.3. The molecule has 0 unspecified atom stereocenters. The SMILES string of the molecule is CN(CC(F)(F)F)C(=O)N1CCN(c2ncnc3c2c2ccc(S(=O)(=O)NC4(C#N)CC4)cc2n3-c2nnc(C(F)F)s2)CC1. The lowest BCUT2D eigenvalue weighted by Gasteiger charge is -2.37. The number of urea groups is 1. The third-order valence-electron chi connectivity index (χ3n) is 7.50. The number of alkyl halides is 5. The fraction of sp³-hybridized carbons (Fsp3) is 0.440. The maximum atomic E-state index is 13.5. The molecule has 0 bridgehead atoms. The zero-order valence-corrected chi connectivity index (χ0v) is 24.9. The molecule has 3 aromatic heterocycles. The molecule has 13 nitrogen and oxygen atoms in total. The van der Waals surface area contributed by atoms with Crippen molar-refractivity contribution in [3.63, 3.8) is 0 Å². The molecule has 0 atom stereocenters. The molecule has 4 aromatic rings. The van der Waals surface area contributed by atoms with Gasteiger partial charge in [-0.05, 0) is 25.0 Å². The van der Waals surface area contributed by atoms with Crippen LogP contribution in [0.1, 0.15) is 24.3 Å². The summed E-state index contributed by atoms with van der Waals surface area (Å²) < 4.78 is 95.7. The Morgan fingerprint density at radius 2 is 1.89 bits per heavy atom. The number of rotatable bonds is 7. The molecular weight excluding hydrogens is 647 g/mol. The molecular formula is C25H23F5N10O3S2. The highest BCUT2D eigenvalue weighted by Crippen LogP contribution is 2.40. The highest BCUT2D eigenvalue weighted by Gasteiger charge is 2.47. The van der Waals surface area contributed by atoms with Gasteiger partial charge in [-0.3, -0.25) is 4.57 Å². The summed E-state index contributed by atoms with van der Waals surface area (Å²) in [6.45, 7) is -0.805. The topological polar surface area (TPSA) is 153 Å². The summed E-state index contributed by atoms with van der Waals surface area (Å²) in [5.41, 5.74) is -0.722. The van der Waals surface area contributed by atoms with Crippen molar-refractivity contribution in [2.75, 3.05) is 44.7 Å². The van der Waals surface area contributed by atoms with E-state index in [2.05, 4.69) is 24.9 Å². The molecule has 2 amide bonds. The molecule has 20 heteroatoms. The highest BCUT2D eigenvalue weighted by molar-refractivity contribution is 7.89. The smallest absolute Gasteiger partial charge is 0.352 e. The van der Waals surface area contributed by atoms with Gasteiger partial charge < -0.3 is 14.7 Å². The molecule has 45 heavy (non-hydrogen) atoms. The number of aromatic nitrogens is 5. The number of sulfonamides is 1. The molecule has 1 aliphatic heterocycles. The van der Waals surface area contributed by atoms with E-state index in [-0.39, 0.29) is 47.4 Å². The lowest BCUT2D eigenvalue weighted by Crippen LogP contribution is -2.53. The zero-order chi connectivity index (χ0) is 32.3. The molecule has 4 heterocycles. The van der Waals surface area contributed by atoms with Gasteiger partial charge in [0.1, 0.15) is 24.2 Å². The molecule has 238 valence electrons. The number of hydrogen-bond acceptors (Lipinski definition) is 10. The summed E-state index contributed by atoms with van der Waals surface area (Å²) >= 11 is 0.596. The lowest BCUT2D eigenvalue weighted by atomic mass is 10.2. The number of carbonyl (C=O) groups excluding carboxylic acids is 1.